The summed E-state index contributed by atoms with van der Waals surface area (Å²) >= 11 is 0. The zero-order valence-electron chi connectivity index (χ0n) is 11.3. The highest BCUT2D eigenvalue weighted by molar-refractivity contribution is 5.83. The number of amides is 2. The van der Waals surface area contributed by atoms with E-state index in [1.165, 1.54) is 19.3 Å². The third-order valence-corrected chi connectivity index (χ3v) is 5.04. The quantitative estimate of drug-likeness (QED) is 0.788. The Balaban J connectivity index is 1.71. The zero-order chi connectivity index (χ0) is 13.4. The first kappa shape index (κ1) is 12.8. The van der Waals surface area contributed by atoms with E-state index in [1.807, 2.05) is 4.90 Å². The standard InChI is InChI=1S/C14H22N2O3/c17-13(18)12-6-3-8-15(12)14(19)16-9-7-10-4-1-2-5-11(10)16/h10-12H,1-9H2,(H,17,18)/t10?,11?,12-/m0/s1. The van der Waals surface area contributed by atoms with Crippen LogP contribution in [0, 0.1) is 5.92 Å². The van der Waals surface area contributed by atoms with Gasteiger partial charge in [-0.15, -0.1) is 0 Å². The number of nitrogens with zero attached hydrogens (tertiary/aromatic N) is 2. The number of fused-ring (bicyclic) bond motifs is 1. The summed E-state index contributed by atoms with van der Waals surface area (Å²) in [4.78, 5) is 27.4. The lowest BCUT2D eigenvalue weighted by atomic mass is 9.85. The summed E-state index contributed by atoms with van der Waals surface area (Å²) in [5.74, 6) is -0.200. The molecular formula is C14H22N2O3. The Morgan fingerprint density at radius 3 is 2.47 bits per heavy atom. The monoisotopic (exact) mass is 266 g/mol. The van der Waals surface area contributed by atoms with Crippen LogP contribution in [0.5, 0.6) is 0 Å². The molecule has 106 valence electrons. The van der Waals surface area contributed by atoms with Crippen LogP contribution in [0.2, 0.25) is 0 Å². The third kappa shape index (κ3) is 2.19. The summed E-state index contributed by atoms with van der Waals surface area (Å²) in [7, 11) is 0. The maximum absolute atomic E-state index is 12.6. The number of likely N-dealkylation sites (tertiary alicyclic amines) is 2. The van der Waals surface area contributed by atoms with Crippen molar-refractivity contribution >= 4 is 12.0 Å². The number of carboxylic acids is 1. The predicted octanol–water partition coefficient (Wildman–Crippen LogP) is 1.92. The number of rotatable bonds is 1. The van der Waals surface area contributed by atoms with Crippen LogP contribution in [0.25, 0.3) is 0 Å². The van der Waals surface area contributed by atoms with Crippen molar-refractivity contribution in [1.82, 2.24) is 9.80 Å². The van der Waals surface area contributed by atoms with Gasteiger partial charge in [-0.3, -0.25) is 0 Å². The fraction of sp³-hybridized carbons (Fsp3) is 0.857. The van der Waals surface area contributed by atoms with Gasteiger partial charge in [-0.2, -0.15) is 0 Å². The number of urea groups is 1. The van der Waals surface area contributed by atoms with Crippen molar-refractivity contribution in [2.75, 3.05) is 13.1 Å². The molecule has 0 bridgehead atoms. The number of carbonyl (C=O) groups excluding carboxylic acids is 1. The molecule has 0 aromatic heterocycles. The lowest BCUT2D eigenvalue weighted by Gasteiger charge is -2.35. The van der Waals surface area contributed by atoms with E-state index < -0.39 is 12.0 Å². The first-order chi connectivity index (χ1) is 9.18. The maximum atomic E-state index is 12.6. The smallest absolute Gasteiger partial charge is 0.326 e. The Labute approximate surface area is 113 Å². The largest absolute Gasteiger partial charge is 0.480 e. The lowest BCUT2D eigenvalue weighted by molar-refractivity contribution is -0.141. The third-order valence-electron chi connectivity index (χ3n) is 5.04. The van der Waals surface area contributed by atoms with Gasteiger partial charge in [0.15, 0.2) is 0 Å². The molecule has 0 aromatic rings. The van der Waals surface area contributed by atoms with E-state index in [2.05, 4.69) is 0 Å². The normalized spacial score (nSPS) is 34.4. The minimum atomic E-state index is -0.856. The van der Waals surface area contributed by atoms with E-state index in [1.54, 1.807) is 4.90 Å². The summed E-state index contributed by atoms with van der Waals surface area (Å²) in [5, 5.41) is 9.20. The average Bonchev–Trinajstić information content (AvgIpc) is 3.05. The van der Waals surface area contributed by atoms with Crippen molar-refractivity contribution in [3.8, 4) is 0 Å². The highest BCUT2D eigenvalue weighted by atomic mass is 16.4. The van der Waals surface area contributed by atoms with Gasteiger partial charge in [0, 0.05) is 19.1 Å². The molecule has 0 spiro atoms. The molecule has 2 amide bonds. The van der Waals surface area contributed by atoms with E-state index in [-0.39, 0.29) is 6.03 Å². The molecular weight excluding hydrogens is 244 g/mol. The fourth-order valence-corrected chi connectivity index (χ4v) is 4.06. The lowest BCUT2D eigenvalue weighted by Crippen LogP contribution is -2.50. The molecule has 19 heavy (non-hydrogen) atoms. The highest BCUT2D eigenvalue weighted by Crippen LogP contribution is 2.37. The first-order valence-electron chi connectivity index (χ1n) is 7.48. The maximum Gasteiger partial charge on any atom is 0.326 e. The van der Waals surface area contributed by atoms with Gasteiger partial charge in [0.25, 0.3) is 0 Å². The Morgan fingerprint density at radius 2 is 1.68 bits per heavy atom. The molecule has 2 saturated heterocycles. The molecule has 1 N–H and O–H groups in total. The van der Waals surface area contributed by atoms with E-state index in [9.17, 15) is 14.7 Å². The van der Waals surface area contributed by atoms with Gasteiger partial charge >= 0.3 is 12.0 Å². The van der Waals surface area contributed by atoms with Crippen LogP contribution in [0.4, 0.5) is 4.79 Å². The number of aliphatic carboxylic acids is 1. The summed E-state index contributed by atoms with van der Waals surface area (Å²) in [6.07, 6.45) is 7.33. The van der Waals surface area contributed by atoms with E-state index in [4.69, 9.17) is 0 Å². The molecule has 5 nitrogen and oxygen atoms in total. The van der Waals surface area contributed by atoms with Gasteiger partial charge in [0.05, 0.1) is 0 Å². The van der Waals surface area contributed by atoms with Crippen LogP contribution in [-0.2, 0) is 4.79 Å². The number of carbonyl (C=O) groups is 2. The molecule has 3 aliphatic rings. The van der Waals surface area contributed by atoms with Crippen LogP contribution >= 0.6 is 0 Å². The molecule has 2 unspecified atom stereocenters. The molecule has 3 rings (SSSR count). The van der Waals surface area contributed by atoms with Crippen molar-refractivity contribution in [3.63, 3.8) is 0 Å². The van der Waals surface area contributed by atoms with Gasteiger partial charge in [-0.25, -0.2) is 9.59 Å². The molecule has 5 heteroatoms. The molecule has 3 fully saturated rings. The number of hydrogen-bond donors (Lipinski definition) is 1. The Kier molecular flexibility index (Phi) is 3.37. The minimum Gasteiger partial charge on any atom is -0.480 e. The minimum absolute atomic E-state index is 0.0284. The Hall–Kier alpha value is -1.26. The number of hydrogen-bond acceptors (Lipinski definition) is 2. The first-order valence-corrected chi connectivity index (χ1v) is 7.48. The Morgan fingerprint density at radius 1 is 0.895 bits per heavy atom. The molecule has 1 aliphatic carbocycles. The average molecular weight is 266 g/mol. The molecule has 1 saturated carbocycles. The van der Waals surface area contributed by atoms with E-state index in [0.29, 0.717) is 24.9 Å². The topological polar surface area (TPSA) is 60.9 Å². The van der Waals surface area contributed by atoms with Crippen LogP contribution in [0.3, 0.4) is 0 Å². The SMILES string of the molecule is O=C(O)[C@@H]1CCCN1C(=O)N1CCC2CCCCC21. The summed E-state index contributed by atoms with van der Waals surface area (Å²) in [5.41, 5.74) is 0. The van der Waals surface area contributed by atoms with Gasteiger partial charge in [-0.1, -0.05) is 12.8 Å². The predicted molar refractivity (Wildman–Crippen MR) is 69.8 cm³/mol. The van der Waals surface area contributed by atoms with E-state index in [0.717, 1.165) is 25.8 Å². The fourth-order valence-electron chi connectivity index (χ4n) is 4.06. The van der Waals surface area contributed by atoms with Gasteiger partial charge < -0.3 is 14.9 Å². The summed E-state index contributed by atoms with van der Waals surface area (Å²) < 4.78 is 0. The second kappa shape index (κ2) is 5.02. The molecule has 2 aliphatic heterocycles. The van der Waals surface area contributed by atoms with Crippen molar-refractivity contribution in [2.45, 2.75) is 57.0 Å². The molecule has 0 aromatic carbocycles. The highest BCUT2D eigenvalue weighted by Gasteiger charge is 2.43. The second-order valence-electron chi connectivity index (χ2n) is 6.07. The van der Waals surface area contributed by atoms with Crippen molar-refractivity contribution in [1.29, 1.82) is 0 Å². The van der Waals surface area contributed by atoms with Crippen molar-refractivity contribution in [3.05, 3.63) is 0 Å². The molecule has 2 heterocycles. The van der Waals surface area contributed by atoms with Crippen LogP contribution < -0.4 is 0 Å². The van der Waals surface area contributed by atoms with Gasteiger partial charge in [0.1, 0.15) is 6.04 Å². The van der Waals surface area contributed by atoms with Crippen LogP contribution in [-0.4, -0.2) is 52.1 Å². The van der Waals surface area contributed by atoms with Crippen LogP contribution in [0.15, 0.2) is 0 Å². The molecule has 3 atom stereocenters. The molecule has 0 radical (unpaired) electrons. The second-order valence-corrected chi connectivity index (χ2v) is 6.07. The van der Waals surface area contributed by atoms with Crippen molar-refractivity contribution in [2.24, 2.45) is 5.92 Å². The van der Waals surface area contributed by atoms with Crippen LogP contribution in [0.1, 0.15) is 44.9 Å². The zero-order valence-corrected chi connectivity index (χ0v) is 11.3. The summed E-state index contributed by atoms with van der Waals surface area (Å²) in [6.45, 7) is 1.42. The number of carboxylic acid groups (broad SMARTS) is 1. The Bertz CT molecular complexity index is 385. The van der Waals surface area contributed by atoms with Gasteiger partial charge in [0.2, 0.25) is 0 Å². The van der Waals surface area contributed by atoms with E-state index >= 15 is 0 Å². The summed E-state index contributed by atoms with van der Waals surface area (Å²) in [6, 6.07) is -0.259. The van der Waals surface area contributed by atoms with Crippen molar-refractivity contribution < 1.29 is 14.7 Å². The van der Waals surface area contributed by atoms with Gasteiger partial charge in [-0.05, 0) is 38.0 Å².